The fourth-order valence-electron chi connectivity index (χ4n) is 4.80. The Bertz CT molecular complexity index is 1390. The topological polar surface area (TPSA) is 128 Å². The van der Waals surface area contributed by atoms with Gasteiger partial charge in [0.15, 0.2) is 0 Å². The first-order valence-corrected chi connectivity index (χ1v) is 15.9. The van der Waals surface area contributed by atoms with Gasteiger partial charge in [-0.25, -0.2) is 8.42 Å². The lowest BCUT2D eigenvalue weighted by atomic mass is 10.2. The van der Waals surface area contributed by atoms with Gasteiger partial charge in [0.1, 0.15) is 17.5 Å². The maximum Gasteiger partial charge on any atom is 0.261 e. The third-order valence-electron chi connectivity index (χ3n) is 7.06. The average Bonchev–Trinajstić information content (AvgIpc) is 3.70. The van der Waals surface area contributed by atoms with Gasteiger partial charge in [0.2, 0.25) is 15.9 Å². The molecule has 0 radical (unpaired) electrons. The van der Waals surface area contributed by atoms with Crippen molar-refractivity contribution in [3.63, 3.8) is 0 Å². The molecule has 3 amide bonds. The molecule has 1 aromatic carbocycles. The van der Waals surface area contributed by atoms with Crippen LogP contribution in [0.5, 0.6) is 0 Å². The van der Waals surface area contributed by atoms with E-state index in [1.165, 1.54) is 17.0 Å². The molecule has 3 fully saturated rings. The Morgan fingerprint density at radius 1 is 1.07 bits per heavy atom. The lowest BCUT2D eigenvalue weighted by Crippen LogP contribution is -2.58. The average molecular weight is 631 g/mol. The van der Waals surface area contributed by atoms with E-state index in [4.69, 9.17) is 27.9 Å². The normalized spacial score (nSPS) is 19.5. The van der Waals surface area contributed by atoms with Crippen molar-refractivity contribution in [2.75, 3.05) is 57.4 Å². The van der Waals surface area contributed by atoms with Crippen molar-refractivity contribution in [2.24, 2.45) is 0 Å². The van der Waals surface area contributed by atoms with Crippen LogP contribution in [0.25, 0.3) is 0 Å². The van der Waals surface area contributed by atoms with Gasteiger partial charge >= 0.3 is 0 Å². The van der Waals surface area contributed by atoms with E-state index in [0.29, 0.717) is 41.4 Å². The number of hydrogen-bond acceptors (Lipinski definition) is 8. The predicted octanol–water partition coefficient (Wildman–Crippen LogP) is 1.80. The van der Waals surface area contributed by atoms with Gasteiger partial charge in [0.05, 0.1) is 26.5 Å². The number of carbonyl (C=O) groups is 3. The lowest BCUT2D eigenvalue weighted by molar-refractivity contribution is -0.134. The maximum absolute atomic E-state index is 13.6. The van der Waals surface area contributed by atoms with Crippen LogP contribution in [0.15, 0.2) is 35.2 Å². The quantitative estimate of drug-likeness (QED) is 0.433. The molecule has 5 rings (SSSR count). The van der Waals surface area contributed by atoms with Crippen LogP contribution in [-0.2, 0) is 24.3 Å². The van der Waals surface area contributed by atoms with Crippen LogP contribution in [0, 0.1) is 0 Å². The van der Waals surface area contributed by atoms with E-state index in [2.05, 4.69) is 14.9 Å². The standard InChI is InChI=1S/C25H29Cl2N5O6S2/c26-21-7-6-19(39-21)24(34)28-14-17(25(35)31-10-8-30(9-11-31)16-4-5-16)29-40(36,37)20-3-1-2-18(23(20)27)32-12-13-38-15-22(32)33/h1-3,6-7,16-17,29H,4-5,8-15H2,(H,28,34)/t17-/m0/s1. The molecular formula is C25H29Cl2N5O6S2. The number of morpholine rings is 1. The highest BCUT2D eigenvalue weighted by atomic mass is 35.5. The molecule has 1 atom stereocenters. The second-order valence-corrected chi connectivity index (χ2v) is 13.5. The van der Waals surface area contributed by atoms with E-state index in [9.17, 15) is 22.8 Å². The molecule has 2 aliphatic heterocycles. The van der Waals surface area contributed by atoms with Crippen LogP contribution in [-0.4, -0.2) is 101 Å². The van der Waals surface area contributed by atoms with Crippen molar-refractivity contribution in [3.05, 3.63) is 44.6 Å². The van der Waals surface area contributed by atoms with Gasteiger partial charge in [-0.05, 0) is 37.1 Å². The summed E-state index contributed by atoms with van der Waals surface area (Å²) in [7, 11) is -4.35. The molecule has 2 saturated heterocycles. The number of anilines is 1. The van der Waals surface area contributed by atoms with Crippen LogP contribution in [0.3, 0.4) is 0 Å². The molecule has 11 nitrogen and oxygen atoms in total. The fraction of sp³-hybridized carbons (Fsp3) is 0.480. The van der Waals surface area contributed by atoms with Gasteiger partial charge in [-0.2, -0.15) is 4.72 Å². The summed E-state index contributed by atoms with van der Waals surface area (Å²) in [6, 6.07) is 6.76. The first-order valence-electron chi connectivity index (χ1n) is 12.9. The first kappa shape index (κ1) is 29.2. The molecule has 1 saturated carbocycles. The summed E-state index contributed by atoms with van der Waals surface area (Å²) in [5.74, 6) is -1.26. The van der Waals surface area contributed by atoms with E-state index < -0.39 is 27.9 Å². The number of rotatable bonds is 9. The SMILES string of the molecule is O=C(NC[C@H](NS(=O)(=O)c1cccc(N2CCOCC2=O)c1Cl)C(=O)N1CCN(C2CC2)CC1)c1ccc(Cl)s1. The van der Waals surface area contributed by atoms with Crippen LogP contribution in [0.2, 0.25) is 9.36 Å². The monoisotopic (exact) mass is 629 g/mol. The van der Waals surface area contributed by atoms with E-state index in [1.54, 1.807) is 23.1 Å². The molecule has 1 aromatic heterocycles. The van der Waals surface area contributed by atoms with Gasteiger partial charge in [0, 0.05) is 45.3 Å². The predicted molar refractivity (Wildman–Crippen MR) is 152 cm³/mol. The summed E-state index contributed by atoms with van der Waals surface area (Å²) in [6.45, 7) is 2.42. The second kappa shape index (κ2) is 12.3. The summed E-state index contributed by atoms with van der Waals surface area (Å²) < 4.78 is 35.3. The molecule has 40 heavy (non-hydrogen) atoms. The number of thiophene rings is 1. The van der Waals surface area contributed by atoms with Crippen molar-refractivity contribution >= 4 is 68.0 Å². The van der Waals surface area contributed by atoms with Gasteiger partial charge in [0.25, 0.3) is 11.8 Å². The number of nitrogens with one attached hydrogen (secondary N) is 2. The number of carbonyl (C=O) groups excluding carboxylic acids is 3. The number of benzene rings is 1. The van der Waals surface area contributed by atoms with Gasteiger partial charge in [-0.15, -0.1) is 11.3 Å². The molecular weight excluding hydrogens is 601 g/mol. The highest BCUT2D eigenvalue weighted by Gasteiger charge is 2.36. The van der Waals surface area contributed by atoms with Crippen molar-refractivity contribution in [1.82, 2.24) is 19.8 Å². The summed E-state index contributed by atoms with van der Waals surface area (Å²) in [6.07, 6.45) is 2.32. The number of nitrogens with zero attached hydrogens (tertiary/aromatic N) is 3. The molecule has 216 valence electrons. The molecule has 0 spiro atoms. The summed E-state index contributed by atoms with van der Waals surface area (Å²) in [4.78, 5) is 44.0. The van der Waals surface area contributed by atoms with Crippen LogP contribution in [0.1, 0.15) is 22.5 Å². The maximum atomic E-state index is 13.6. The molecule has 3 aliphatic rings. The molecule has 3 heterocycles. The Kier molecular flexibility index (Phi) is 9.00. The zero-order chi connectivity index (χ0) is 28.4. The van der Waals surface area contributed by atoms with E-state index in [-0.39, 0.29) is 47.8 Å². The molecule has 1 aliphatic carbocycles. The van der Waals surface area contributed by atoms with E-state index >= 15 is 0 Å². The number of amides is 3. The number of halogens is 2. The number of hydrogen-bond donors (Lipinski definition) is 2. The van der Waals surface area contributed by atoms with Crippen molar-refractivity contribution in [1.29, 1.82) is 0 Å². The second-order valence-electron chi connectivity index (χ2n) is 9.77. The van der Waals surface area contributed by atoms with Crippen LogP contribution >= 0.6 is 34.5 Å². The zero-order valence-corrected chi connectivity index (χ0v) is 24.6. The Hall–Kier alpha value is -2.26. The smallest absolute Gasteiger partial charge is 0.261 e. The van der Waals surface area contributed by atoms with Crippen molar-refractivity contribution in [2.45, 2.75) is 29.8 Å². The minimum Gasteiger partial charge on any atom is -0.370 e. The Morgan fingerprint density at radius 2 is 1.82 bits per heavy atom. The Balaban J connectivity index is 1.36. The van der Waals surface area contributed by atoms with Crippen molar-refractivity contribution in [3.8, 4) is 0 Å². The molecule has 0 unspecified atom stereocenters. The summed E-state index contributed by atoms with van der Waals surface area (Å²) in [5, 5.41) is 2.51. The third-order valence-corrected chi connectivity index (χ3v) is 10.3. The number of piperazine rings is 1. The Labute approximate surface area is 246 Å². The number of ether oxygens (including phenoxy) is 1. The fourth-order valence-corrected chi connectivity index (χ4v) is 7.58. The minimum atomic E-state index is -4.35. The molecule has 2 N–H and O–H groups in total. The largest absolute Gasteiger partial charge is 0.370 e. The van der Waals surface area contributed by atoms with Gasteiger partial charge in [-0.3, -0.25) is 19.3 Å². The van der Waals surface area contributed by atoms with Gasteiger partial charge in [-0.1, -0.05) is 29.3 Å². The summed E-state index contributed by atoms with van der Waals surface area (Å²) in [5.41, 5.74) is 0.236. The molecule has 2 aromatic rings. The van der Waals surface area contributed by atoms with Crippen LogP contribution in [0.4, 0.5) is 5.69 Å². The highest BCUT2D eigenvalue weighted by molar-refractivity contribution is 7.89. The van der Waals surface area contributed by atoms with Gasteiger partial charge < -0.3 is 19.9 Å². The first-order chi connectivity index (χ1) is 19.1. The third kappa shape index (κ3) is 6.62. The zero-order valence-electron chi connectivity index (χ0n) is 21.5. The molecule has 15 heteroatoms. The van der Waals surface area contributed by atoms with E-state index in [0.717, 1.165) is 24.2 Å². The van der Waals surface area contributed by atoms with Crippen molar-refractivity contribution < 1.29 is 27.5 Å². The Morgan fingerprint density at radius 3 is 2.48 bits per heavy atom. The summed E-state index contributed by atoms with van der Waals surface area (Å²) >= 11 is 13.5. The van der Waals surface area contributed by atoms with Crippen LogP contribution < -0.4 is 14.9 Å². The van der Waals surface area contributed by atoms with E-state index in [1.807, 2.05) is 0 Å². The number of sulfonamides is 1. The lowest BCUT2D eigenvalue weighted by Gasteiger charge is -2.36. The molecule has 0 bridgehead atoms. The highest BCUT2D eigenvalue weighted by Crippen LogP contribution is 2.33. The minimum absolute atomic E-state index is 0.134.